The van der Waals surface area contributed by atoms with Crippen LogP contribution in [-0.4, -0.2) is 55.0 Å². The normalized spacial score (nSPS) is 18.6. The first kappa shape index (κ1) is 18.5. The Balaban J connectivity index is 1.55. The molecule has 1 fully saturated rings. The van der Waals surface area contributed by atoms with Crippen molar-refractivity contribution in [3.63, 3.8) is 0 Å². The van der Waals surface area contributed by atoms with E-state index in [1.54, 1.807) is 12.3 Å². The van der Waals surface area contributed by atoms with Crippen molar-refractivity contribution < 1.29 is 14.7 Å². The van der Waals surface area contributed by atoms with Gasteiger partial charge in [-0.2, -0.15) is 0 Å². The molecule has 0 spiro atoms. The van der Waals surface area contributed by atoms with E-state index in [0.717, 1.165) is 24.1 Å². The first-order valence-corrected chi connectivity index (χ1v) is 9.87. The number of nitrogens with one attached hydrogen (secondary N) is 1. The van der Waals surface area contributed by atoms with Crippen molar-refractivity contribution in [2.24, 2.45) is 0 Å². The fraction of sp³-hybridized carbons (Fsp3) is 0.500. The van der Waals surface area contributed by atoms with E-state index in [1.807, 2.05) is 16.8 Å². The van der Waals surface area contributed by atoms with Crippen molar-refractivity contribution in [2.45, 2.75) is 57.7 Å². The van der Waals surface area contributed by atoms with Crippen LogP contribution < -0.4 is 5.32 Å². The third-order valence-corrected chi connectivity index (χ3v) is 5.67. The Hall–Kier alpha value is -2.90. The predicted molar refractivity (Wildman–Crippen MR) is 104 cm³/mol. The second-order valence-electron chi connectivity index (χ2n) is 7.56. The molecular formula is C20H25N5O3. The van der Waals surface area contributed by atoms with Crippen LogP contribution in [0, 0.1) is 0 Å². The van der Waals surface area contributed by atoms with Crippen molar-refractivity contribution in [2.75, 3.05) is 11.9 Å². The van der Waals surface area contributed by atoms with Gasteiger partial charge in [0.05, 0.1) is 5.69 Å². The lowest BCUT2D eigenvalue weighted by Gasteiger charge is -2.31. The summed E-state index contributed by atoms with van der Waals surface area (Å²) < 4.78 is 1.87. The van der Waals surface area contributed by atoms with E-state index in [-0.39, 0.29) is 5.91 Å². The number of anilines is 1. The molecular weight excluding hydrogens is 358 g/mol. The summed E-state index contributed by atoms with van der Waals surface area (Å²) in [6.45, 7) is 2.48. The lowest BCUT2D eigenvalue weighted by atomic mass is 9.96. The zero-order valence-electron chi connectivity index (χ0n) is 16.0. The van der Waals surface area contributed by atoms with E-state index in [0.29, 0.717) is 30.8 Å². The maximum Gasteiger partial charge on any atom is 0.326 e. The summed E-state index contributed by atoms with van der Waals surface area (Å²) in [6.07, 6.45) is 9.67. The van der Waals surface area contributed by atoms with Crippen LogP contribution in [0.5, 0.6) is 0 Å². The summed E-state index contributed by atoms with van der Waals surface area (Å²) in [5, 5.41) is 12.7. The molecule has 1 unspecified atom stereocenters. The number of aromatic nitrogens is 3. The van der Waals surface area contributed by atoms with Gasteiger partial charge in [0.15, 0.2) is 0 Å². The van der Waals surface area contributed by atoms with Crippen LogP contribution in [0.2, 0.25) is 0 Å². The van der Waals surface area contributed by atoms with Gasteiger partial charge in [0.1, 0.15) is 11.7 Å². The number of nitrogens with zero attached hydrogens (tertiary/aromatic N) is 4. The summed E-state index contributed by atoms with van der Waals surface area (Å²) in [5.74, 6) is -0.647. The molecule has 1 saturated carbocycles. The molecule has 2 aromatic heterocycles. The number of fused-ring (bicyclic) bond motifs is 1. The summed E-state index contributed by atoms with van der Waals surface area (Å²) in [7, 11) is 0. The number of carbonyl (C=O) groups is 2. The molecule has 0 bridgehead atoms. The number of rotatable bonds is 5. The molecule has 2 N–H and O–H groups in total. The van der Waals surface area contributed by atoms with E-state index in [2.05, 4.69) is 15.3 Å². The number of carboxylic acid groups (broad SMARTS) is 1. The molecule has 148 valence electrons. The Morgan fingerprint density at radius 1 is 1.29 bits per heavy atom. The average molecular weight is 383 g/mol. The van der Waals surface area contributed by atoms with Gasteiger partial charge < -0.3 is 19.9 Å². The lowest BCUT2D eigenvalue weighted by Crippen LogP contribution is -2.48. The van der Waals surface area contributed by atoms with Gasteiger partial charge in [0.2, 0.25) is 5.95 Å². The van der Waals surface area contributed by atoms with E-state index in [4.69, 9.17) is 0 Å². The molecule has 3 heterocycles. The Bertz CT molecular complexity index is 888. The van der Waals surface area contributed by atoms with Gasteiger partial charge in [-0.15, -0.1) is 0 Å². The molecule has 1 aliphatic carbocycles. The molecule has 1 aliphatic heterocycles. The molecule has 4 rings (SSSR count). The molecule has 8 nitrogen and oxygen atoms in total. The zero-order valence-corrected chi connectivity index (χ0v) is 16.0. The number of hydrogen-bond donors (Lipinski definition) is 2. The maximum atomic E-state index is 12.7. The van der Waals surface area contributed by atoms with E-state index in [9.17, 15) is 14.7 Å². The predicted octanol–water partition coefficient (Wildman–Crippen LogP) is 2.62. The SMILES string of the molecule is CC(C(=O)O)N1CCn2cc(-c3ccnc(NC4CCCCC4)n3)cc2C1=O. The van der Waals surface area contributed by atoms with Crippen LogP contribution in [0.25, 0.3) is 11.3 Å². The lowest BCUT2D eigenvalue weighted by molar-refractivity contribution is -0.141. The highest BCUT2D eigenvalue weighted by Gasteiger charge is 2.32. The maximum absolute atomic E-state index is 12.7. The van der Waals surface area contributed by atoms with Gasteiger partial charge in [0.25, 0.3) is 5.91 Å². The molecule has 1 amide bonds. The number of carbonyl (C=O) groups excluding carboxylic acids is 1. The monoisotopic (exact) mass is 383 g/mol. The van der Waals surface area contributed by atoms with Gasteiger partial charge in [-0.25, -0.2) is 14.8 Å². The largest absolute Gasteiger partial charge is 0.480 e. The number of amides is 1. The topological polar surface area (TPSA) is 100 Å². The van der Waals surface area contributed by atoms with Crippen molar-refractivity contribution in [1.82, 2.24) is 19.4 Å². The molecule has 1 atom stereocenters. The van der Waals surface area contributed by atoms with Crippen molar-refractivity contribution in [3.8, 4) is 11.3 Å². The van der Waals surface area contributed by atoms with Crippen LogP contribution in [-0.2, 0) is 11.3 Å². The number of aliphatic carboxylic acids is 1. The molecule has 8 heteroatoms. The zero-order chi connectivity index (χ0) is 19.7. The quantitative estimate of drug-likeness (QED) is 0.823. The third-order valence-electron chi connectivity index (χ3n) is 5.67. The van der Waals surface area contributed by atoms with Crippen LogP contribution in [0.4, 0.5) is 5.95 Å². The van der Waals surface area contributed by atoms with Crippen LogP contribution in [0.3, 0.4) is 0 Å². The first-order valence-electron chi connectivity index (χ1n) is 9.87. The third kappa shape index (κ3) is 3.58. The van der Waals surface area contributed by atoms with Crippen molar-refractivity contribution >= 4 is 17.8 Å². The summed E-state index contributed by atoms with van der Waals surface area (Å²) in [5.41, 5.74) is 2.08. The number of hydrogen-bond acceptors (Lipinski definition) is 5. The van der Waals surface area contributed by atoms with Crippen LogP contribution >= 0.6 is 0 Å². The molecule has 0 saturated heterocycles. The molecule has 2 aliphatic rings. The Morgan fingerprint density at radius 3 is 2.82 bits per heavy atom. The highest BCUT2D eigenvalue weighted by Crippen LogP contribution is 2.26. The van der Waals surface area contributed by atoms with Gasteiger partial charge in [-0.3, -0.25) is 4.79 Å². The summed E-state index contributed by atoms with van der Waals surface area (Å²) >= 11 is 0. The minimum absolute atomic E-state index is 0.262. The Morgan fingerprint density at radius 2 is 2.07 bits per heavy atom. The average Bonchev–Trinajstić information content (AvgIpc) is 3.14. The van der Waals surface area contributed by atoms with Crippen LogP contribution in [0.15, 0.2) is 24.5 Å². The number of carboxylic acids is 1. The van der Waals surface area contributed by atoms with Gasteiger partial charge in [0, 0.05) is 37.1 Å². The molecule has 0 radical (unpaired) electrons. The second-order valence-corrected chi connectivity index (χ2v) is 7.56. The van der Waals surface area contributed by atoms with E-state index >= 15 is 0 Å². The Kier molecular flexibility index (Phi) is 5.02. The second kappa shape index (κ2) is 7.61. The Labute approximate surface area is 163 Å². The summed E-state index contributed by atoms with van der Waals surface area (Å²) in [4.78, 5) is 34.4. The van der Waals surface area contributed by atoms with Crippen LogP contribution in [0.1, 0.15) is 49.5 Å². The standard InChI is InChI=1S/C20H25N5O3/c1-13(19(27)28)25-10-9-24-12-14(11-17(24)18(25)26)16-7-8-21-20(23-16)22-15-5-3-2-4-6-15/h7-8,11-13,15H,2-6,9-10H2,1H3,(H,27,28)(H,21,22,23). The molecule has 0 aromatic carbocycles. The summed E-state index contributed by atoms with van der Waals surface area (Å²) in [6, 6.07) is 3.19. The first-order chi connectivity index (χ1) is 13.5. The van der Waals surface area contributed by atoms with E-state index < -0.39 is 12.0 Å². The van der Waals surface area contributed by atoms with Crippen molar-refractivity contribution in [1.29, 1.82) is 0 Å². The van der Waals surface area contributed by atoms with E-state index in [1.165, 1.54) is 31.1 Å². The minimum Gasteiger partial charge on any atom is -0.480 e. The highest BCUT2D eigenvalue weighted by atomic mass is 16.4. The van der Waals surface area contributed by atoms with Crippen molar-refractivity contribution in [3.05, 3.63) is 30.2 Å². The fourth-order valence-electron chi connectivity index (χ4n) is 4.00. The molecule has 2 aromatic rings. The smallest absolute Gasteiger partial charge is 0.326 e. The van der Waals surface area contributed by atoms with Gasteiger partial charge in [-0.1, -0.05) is 19.3 Å². The van der Waals surface area contributed by atoms with Gasteiger partial charge >= 0.3 is 5.97 Å². The minimum atomic E-state index is -0.997. The fourth-order valence-corrected chi connectivity index (χ4v) is 4.00. The molecule has 28 heavy (non-hydrogen) atoms. The van der Waals surface area contributed by atoms with Gasteiger partial charge in [-0.05, 0) is 31.9 Å². The highest BCUT2D eigenvalue weighted by molar-refractivity contribution is 5.97.